The van der Waals surface area contributed by atoms with Crippen LogP contribution >= 0.6 is 11.3 Å². The first-order chi connectivity index (χ1) is 11.7. The van der Waals surface area contributed by atoms with Crippen LogP contribution < -0.4 is 10.1 Å². The number of alkyl halides is 3. The van der Waals surface area contributed by atoms with Crippen LogP contribution in [0.2, 0.25) is 0 Å². The number of hydrogen-bond donors (Lipinski definition) is 2. The fraction of sp³-hybridized carbons (Fsp3) is 0.133. The molecule has 1 amide bonds. The summed E-state index contributed by atoms with van der Waals surface area (Å²) in [6.45, 7) is 1.37. The molecule has 10 heteroatoms. The standard InChI is InChI=1S/C15H10F3N3O3S/c1-7(22)8-4-11(19-6-8)13(23)21-14-20-10-3-2-9(5-12(10)25-14)24-15(16,17)18/h2-6,19H,1H3,(H,20,21,23). The number of halogens is 3. The van der Waals surface area contributed by atoms with E-state index in [9.17, 15) is 22.8 Å². The Labute approximate surface area is 142 Å². The molecule has 0 radical (unpaired) electrons. The number of fused-ring (bicyclic) bond motifs is 1. The van der Waals surface area contributed by atoms with Gasteiger partial charge in [-0.3, -0.25) is 14.9 Å². The van der Waals surface area contributed by atoms with Gasteiger partial charge < -0.3 is 9.72 Å². The number of ketones is 1. The first-order valence-corrected chi connectivity index (χ1v) is 7.70. The van der Waals surface area contributed by atoms with Crippen molar-refractivity contribution in [3.8, 4) is 5.75 Å². The van der Waals surface area contributed by atoms with Gasteiger partial charge in [0.15, 0.2) is 10.9 Å². The topological polar surface area (TPSA) is 84.1 Å². The second-order valence-corrected chi connectivity index (χ2v) is 6.04. The zero-order valence-electron chi connectivity index (χ0n) is 12.6. The van der Waals surface area contributed by atoms with Crippen molar-refractivity contribution >= 4 is 38.4 Å². The van der Waals surface area contributed by atoms with Crippen molar-refractivity contribution in [1.29, 1.82) is 0 Å². The molecular weight excluding hydrogens is 359 g/mol. The molecule has 2 N–H and O–H groups in total. The van der Waals surface area contributed by atoms with Crippen molar-refractivity contribution in [3.05, 3.63) is 41.7 Å². The van der Waals surface area contributed by atoms with E-state index in [2.05, 4.69) is 20.0 Å². The highest BCUT2D eigenvalue weighted by Crippen LogP contribution is 2.31. The van der Waals surface area contributed by atoms with Crippen molar-refractivity contribution < 1.29 is 27.5 Å². The Kier molecular flexibility index (Phi) is 4.21. The van der Waals surface area contributed by atoms with Gasteiger partial charge in [0, 0.05) is 17.8 Å². The molecule has 2 aromatic heterocycles. The first kappa shape index (κ1) is 17.0. The lowest BCUT2D eigenvalue weighted by Crippen LogP contribution is -2.16. The first-order valence-electron chi connectivity index (χ1n) is 6.88. The molecule has 25 heavy (non-hydrogen) atoms. The number of amides is 1. The summed E-state index contributed by atoms with van der Waals surface area (Å²) in [6.07, 6.45) is -3.37. The fourth-order valence-electron chi connectivity index (χ4n) is 2.05. The summed E-state index contributed by atoms with van der Waals surface area (Å²) in [6, 6.07) is 5.11. The highest BCUT2D eigenvalue weighted by Gasteiger charge is 2.31. The van der Waals surface area contributed by atoms with Crippen LogP contribution in [0, 0.1) is 0 Å². The molecule has 0 aliphatic carbocycles. The van der Waals surface area contributed by atoms with E-state index in [1.165, 1.54) is 31.3 Å². The summed E-state index contributed by atoms with van der Waals surface area (Å²) in [4.78, 5) is 30.2. The molecule has 2 heterocycles. The number of aromatic amines is 1. The van der Waals surface area contributed by atoms with Gasteiger partial charge in [-0.05, 0) is 25.1 Å². The van der Waals surface area contributed by atoms with Gasteiger partial charge in [0.2, 0.25) is 0 Å². The van der Waals surface area contributed by atoms with E-state index in [4.69, 9.17) is 0 Å². The number of H-pyrrole nitrogens is 1. The van der Waals surface area contributed by atoms with Crippen molar-refractivity contribution in [3.63, 3.8) is 0 Å². The minimum atomic E-state index is -4.78. The van der Waals surface area contributed by atoms with E-state index in [1.807, 2.05) is 0 Å². The predicted octanol–water partition coefficient (Wildman–Crippen LogP) is 3.98. The smallest absolute Gasteiger partial charge is 0.406 e. The Bertz CT molecular complexity index is 962. The number of anilines is 1. The van der Waals surface area contributed by atoms with E-state index in [0.29, 0.717) is 15.8 Å². The number of ether oxygens (including phenoxy) is 1. The van der Waals surface area contributed by atoms with Crippen molar-refractivity contribution in [2.24, 2.45) is 0 Å². The van der Waals surface area contributed by atoms with Crippen LogP contribution in [0.25, 0.3) is 10.2 Å². The lowest BCUT2D eigenvalue weighted by molar-refractivity contribution is -0.274. The van der Waals surface area contributed by atoms with E-state index in [1.54, 1.807) is 0 Å². The van der Waals surface area contributed by atoms with Gasteiger partial charge in [-0.1, -0.05) is 11.3 Å². The quantitative estimate of drug-likeness (QED) is 0.682. The zero-order chi connectivity index (χ0) is 18.2. The summed E-state index contributed by atoms with van der Waals surface area (Å²) < 4.78 is 41.0. The molecule has 130 valence electrons. The number of nitrogens with zero attached hydrogens (tertiary/aromatic N) is 1. The van der Waals surface area contributed by atoms with E-state index in [-0.39, 0.29) is 22.4 Å². The summed E-state index contributed by atoms with van der Waals surface area (Å²) >= 11 is 1.00. The molecule has 0 saturated carbocycles. The maximum absolute atomic E-state index is 12.2. The van der Waals surface area contributed by atoms with E-state index >= 15 is 0 Å². The minimum absolute atomic E-state index is 0.172. The number of hydrogen-bond acceptors (Lipinski definition) is 5. The van der Waals surface area contributed by atoms with Crippen LogP contribution in [-0.2, 0) is 0 Å². The highest BCUT2D eigenvalue weighted by molar-refractivity contribution is 7.22. The van der Waals surface area contributed by atoms with Gasteiger partial charge >= 0.3 is 6.36 Å². The molecule has 3 rings (SSSR count). The summed E-state index contributed by atoms with van der Waals surface area (Å²) in [5.41, 5.74) is 0.958. The minimum Gasteiger partial charge on any atom is -0.406 e. The fourth-order valence-corrected chi connectivity index (χ4v) is 2.94. The van der Waals surface area contributed by atoms with Crippen LogP contribution in [0.4, 0.5) is 18.3 Å². The second-order valence-electron chi connectivity index (χ2n) is 5.01. The Morgan fingerprint density at radius 2 is 2.04 bits per heavy atom. The van der Waals surface area contributed by atoms with Crippen molar-refractivity contribution in [1.82, 2.24) is 9.97 Å². The molecule has 0 unspecified atom stereocenters. The Balaban J connectivity index is 1.79. The number of carbonyl (C=O) groups is 2. The molecular formula is C15H10F3N3O3S. The number of rotatable bonds is 4. The van der Waals surface area contributed by atoms with Crippen molar-refractivity contribution in [2.45, 2.75) is 13.3 Å². The number of Topliss-reactive ketones (excluding diaryl/α,β-unsaturated/α-hetero) is 1. The monoisotopic (exact) mass is 369 g/mol. The normalized spacial score (nSPS) is 11.5. The Morgan fingerprint density at radius 3 is 2.68 bits per heavy atom. The molecule has 0 saturated heterocycles. The van der Waals surface area contributed by atoms with Gasteiger partial charge in [-0.25, -0.2) is 4.98 Å². The van der Waals surface area contributed by atoms with Crippen LogP contribution in [0.1, 0.15) is 27.8 Å². The van der Waals surface area contributed by atoms with Crippen LogP contribution in [0.5, 0.6) is 5.75 Å². The lowest BCUT2D eigenvalue weighted by atomic mass is 10.2. The van der Waals surface area contributed by atoms with E-state index < -0.39 is 12.3 Å². The largest absolute Gasteiger partial charge is 0.573 e. The molecule has 0 atom stereocenters. The van der Waals surface area contributed by atoms with E-state index in [0.717, 1.165) is 17.4 Å². The number of nitrogens with one attached hydrogen (secondary N) is 2. The molecule has 0 bridgehead atoms. The van der Waals surface area contributed by atoms with Gasteiger partial charge in [0.25, 0.3) is 5.91 Å². The third kappa shape index (κ3) is 3.97. The maximum atomic E-state index is 12.2. The number of benzene rings is 1. The highest BCUT2D eigenvalue weighted by atomic mass is 32.1. The molecule has 6 nitrogen and oxygen atoms in total. The second kappa shape index (κ2) is 6.20. The van der Waals surface area contributed by atoms with Crippen LogP contribution in [0.3, 0.4) is 0 Å². The Morgan fingerprint density at radius 1 is 1.28 bits per heavy atom. The molecule has 0 aliphatic rings. The molecule has 0 spiro atoms. The summed E-state index contributed by atoms with van der Waals surface area (Å²) in [5.74, 6) is -1.07. The number of carbonyl (C=O) groups excluding carboxylic acids is 2. The zero-order valence-corrected chi connectivity index (χ0v) is 13.4. The lowest BCUT2D eigenvalue weighted by Gasteiger charge is -2.07. The third-order valence-electron chi connectivity index (χ3n) is 3.15. The molecule has 3 aromatic rings. The van der Waals surface area contributed by atoms with Gasteiger partial charge in [0.1, 0.15) is 11.4 Å². The Hall–Kier alpha value is -2.88. The van der Waals surface area contributed by atoms with Gasteiger partial charge in [-0.2, -0.15) is 0 Å². The average Bonchev–Trinajstić information content (AvgIpc) is 3.11. The van der Waals surface area contributed by atoms with Gasteiger partial charge in [0.05, 0.1) is 10.2 Å². The van der Waals surface area contributed by atoms with Crippen LogP contribution in [-0.4, -0.2) is 28.0 Å². The summed E-state index contributed by atoms with van der Waals surface area (Å²) in [5, 5.41) is 2.74. The third-order valence-corrected chi connectivity index (χ3v) is 4.08. The number of thiazole rings is 1. The number of aromatic nitrogens is 2. The molecule has 1 aromatic carbocycles. The van der Waals surface area contributed by atoms with Crippen molar-refractivity contribution in [2.75, 3.05) is 5.32 Å². The molecule has 0 fully saturated rings. The SMILES string of the molecule is CC(=O)c1c[nH]c(C(=O)Nc2nc3ccc(OC(F)(F)F)cc3s2)c1. The van der Waals surface area contributed by atoms with Gasteiger partial charge in [-0.15, -0.1) is 13.2 Å². The molecule has 0 aliphatic heterocycles. The average molecular weight is 369 g/mol. The predicted molar refractivity (Wildman–Crippen MR) is 85.1 cm³/mol. The van der Waals surface area contributed by atoms with Crippen LogP contribution in [0.15, 0.2) is 30.5 Å². The summed E-state index contributed by atoms with van der Waals surface area (Å²) in [7, 11) is 0. The maximum Gasteiger partial charge on any atom is 0.573 e.